The maximum absolute atomic E-state index is 5.94. The summed E-state index contributed by atoms with van der Waals surface area (Å²) in [6.07, 6.45) is 5.54. The molecule has 2 rings (SSSR count). The van der Waals surface area contributed by atoms with Gasteiger partial charge in [-0.3, -0.25) is 0 Å². The van der Waals surface area contributed by atoms with Crippen molar-refractivity contribution in [1.82, 2.24) is 14.9 Å². The van der Waals surface area contributed by atoms with Gasteiger partial charge >= 0.3 is 0 Å². The van der Waals surface area contributed by atoms with Gasteiger partial charge in [-0.15, -0.1) is 0 Å². The zero-order valence-electron chi connectivity index (χ0n) is 11.2. The fraction of sp³-hybridized carbons (Fsp3) is 0.692. The number of anilines is 1. The van der Waals surface area contributed by atoms with E-state index in [1.807, 2.05) is 0 Å². The first kappa shape index (κ1) is 15.0. The second-order valence-corrected chi connectivity index (χ2v) is 6.33. The topological polar surface area (TPSA) is 41.1 Å². The molecule has 4 nitrogen and oxygen atoms in total. The maximum Gasteiger partial charge on any atom is 0.148 e. The standard InChI is InChI=1S/C13H20BrClN4/c1-10(8-19-5-3-2-4-6-19)7-16-13-11(14)12(15)17-9-18-13/h9-10H,2-8H2,1H3,(H,16,17,18). The third-order valence-corrected chi connectivity index (χ3v) is 4.65. The van der Waals surface area contributed by atoms with E-state index in [-0.39, 0.29) is 0 Å². The van der Waals surface area contributed by atoms with Gasteiger partial charge in [0, 0.05) is 13.1 Å². The van der Waals surface area contributed by atoms with Gasteiger partial charge in [-0.2, -0.15) is 0 Å². The first-order valence-electron chi connectivity index (χ1n) is 6.79. The van der Waals surface area contributed by atoms with Crippen LogP contribution < -0.4 is 5.32 Å². The second-order valence-electron chi connectivity index (χ2n) is 5.17. The van der Waals surface area contributed by atoms with E-state index in [0.717, 1.165) is 23.4 Å². The van der Waals surface area contributed by atoms with Gasteiger partial charge in [0.1, 0.15) is 17.3 Å². The molecule has 1 aromatic rings. The molecular formula is C13H20BrClN4. The summed E-state index contributed by atoms with van der Waals surface area (Å²) in [7, 11) is 0. The molecular weight excluding hydrogens is 328 g/mol. The molecule has 19 heavy (non-hydrogen) atoms. The van der Waals surface area contributed by atoms with Gasteiger partial charge in [0.15, 0.2) is 0 Å². The number of hydrogen-bond donors (Lipinski definition) is 1. The lowest BCUT2D eigenvalue weighted by Crippen LogP contribution is -2.35. The Bertz CT molecular complexity index is 410. The summed E-state index contributed by atoms with van der Waals surface area (Å²) >= 11 is 9.34. The number of aromatic nitrogens is 2. The molecule has 0 radical (unpaired) electrons. The van der Waals surface area contributed by atoms with Crippen molar-refractivity contribution in [3.63, 3.8) is 0 Å². The van der Waals surface area contributed by atoms with Crippen molar-refractivity contribution >= 4 is 33.3 Å². The number of halogens is 2. The summed E-state index contributed by atoms with van der Waals surface area (Å²) in [4.78, 5) is 10.7. The van der Waals surface area contributed by atoms with E-state index in [4.69, 9.17) is 11.6 Å². The van der Waals surface area contributed by atoms with E-state index in [9.17, 15) is 0 Å². The van der Waals surface area contributed by atoms with Crippen LogP contribution in [0.4, 0.5) is 5.82 Å². The van der Waals surface area contributed by atoms with Crippen LogP contribution in [0.1, 0.15) is 26.2 Å². The monoisotopic (exact) mass is 346 g/mol. The van der Waals surface area contributed by atoms with Crippen LogP contribution in [-0.2, 0) is 0 Å². The van der Waals surface area contributed by atoms with Gasteiger partial charge < -0.3 is 10.2 Å². The number of rotatable bonds is 5. The normalized spacial score (nSPS) is 18.3. The van der Waals surface area contributed by atoms with Crippen LogP contribution in [0.15, 0.2) is 10.8 Å². The van der Waals surface area contributed by atoms with Crippen molar-refractivity contribution in [2.75, 3.05) is 31.5 Å². The van der Waals surface area contributed by atoms with Crippen molar-refractivity contribution in [2.24, 2.45) is 5.92 Å². The lowest BCUT2D eigenvalue weighted by atomic mass is 10.1. The molecule has 1 aromatic heterocycles. The van der Waals surface area contributed by atoms with Gasteiger partial charge in [-0.25, -0.2) is 9.97 Å². The number of nitrogens with one attached hydrogen (secondary N) is 1. The van der Waals surface area contributed by atoms with E-state index in [1.54, 1.807) is 0 Å². The van der Waals surface area contributed by atoms with Crippen molar-refractivity contribution in [3.8, 4) is 0 Å². The van der Waals surface area contributed by atoms with E-state index in [0.29, 0.717) is 11.1 Å². The minimum absolute atomic E-state index is 0.446. The summed E-state index contributed by atoms with van der Waals surface area (Å²) in [5.74, 6) is 1.35. The smallest absolute Gasteiger partial charge is 0.148 e. The third kappa shape index (κ3) is 4.58. The lowest BCUT2D eigenvalue weighted by Gasteiger charge is -2.29. The zero-order chi connectivity index (χ0) is 13.7. The van der Waals surface area contributed by atoms with Gasteiger partial charge in [0.05, 0.1) is 4.47 Å². The number of likely N-dealkylation sites (tertiary alicyclic amines) is 1. The molecule has 1 aliphatic heterocycles. The molecule has 0 spiro atoms. The van der Waals surface area contributed by atoms with Crippen LogP contribution in [0.5, 0.6) is 0 Å². The summed E-state index contributed by atoms with van der Waals surface area (Å²) in [6.45, 7) is 6.78. The molecule has 1 saturated heterocycles. The summed E-state index contributed by atoms with van der Waals surface area (Å²) in [5.41, 5.74) is 0. The molecule has 0 saturated carbocycles. The first-order valence-corrected chi connectivity index (χ1v) is 7.96. The number of nitrogens with zero attached hydrogens (tertiary/aromatic N) is 3. The fourth-order valence-electron chi connectivity index (χ4n) is 2.39. The van der Waals surface area contributed by atoms with Crippen LogP contribution in [0.25, 0.3) is 0 Å². The highest BCUT2D eigenvalue weighted by molar-refractivity contribution is 9.10. The molecule has 2 heterocycles. The first-order chi connectivity index (χ1) is 9.16. The van der Waals surface area contributed by atoms with Gasteiger partial charge in [0.2, 0.25) is 0 Å². The quantitative estimate of drug-likeness (QED) is 0.829. The second kappa shape index (κ2) is 7.41. The van der Waals surface area contributed by atoms with E-state index in [1.165, 1.54) is 38.7 Å². The minimum atomic E-state index is 0.446. The summed E-state index contributed by atoms with van der Waals surface area (Å²) in [5, 5.41) is 3.78. The van der Waals surface area contributed by atoms with E-state index >= 15 is 0 Å². The molecule has 1 atom stereocenters. The molecule has 0 bridgehead atoms. The SMILES string of the molecule is CC(CNc1ncnc(Cl)c1Br)CN1CCCCC1. The fourth-order valence-corrected chi connectivity index (χ4v) is 2.87. The Morgan fingerprint density at radius 2 is 2.11 bits per heavy atom. The molecule has 1 N–H and O–H groups in total. The van der Waals surface area contributed by atoms with Gasteiger partial charge in [0.25, 0.3) is 0 Å². The van der Waals surface area contributed by atoms with Crippen LogP contribution in [-0.4, -0.2) is 41.0 Å². The lowest BCUT2D eigenvalue weighted by molar-refractivity contribution is 0.204. The largest absolute Gasteiger partial charge is 0.369 e. The van der Waals surface area contributed by atoms with Crippen LogP contribution in [0.2, 0.25) is 5.15 Å². The Morgan fingerprint density at radius 3 is 2.84 bits per heavy atom. The van der Waals surface area contributed by atoms with Crippen LogP contribution in [0, 0.1) is 5.92 Å². The Hall–Kier alpha value is -0.390. The summed E-state index contributed by atoms with van der Waals surface area (Å²) in [6, 6.07) is 0. The molecule has 1 fully saturated rings. The molecule has 1 unspecified atom stereocenters. The molecule has 0 amide bonds. The Balaban J connectivity index is 1.79. The van der Waals surface area contributed by atoms with Crippen molar-refractivity contribution in [3.05, 3.63) is 16.0 Å². The van der Waals surface area contributed by atoms with Gasteiger partial charge in [-0.05, 0) is 47.8 Å². The van der Waals surface area contributed by atoms with E-state index in [2.05, 4.69) is 43.0 Å². The highest BCUT2D eigenvalue weighted by atomic mass is 79.9. The van der Waals surface area contributed by atoms with Gasteiger partial charge in [-0.1, -0.05) is 24.9 Å². The Labute approximate surface area is 128 Å². The molecule has 106 valence electrons. The predicted octanol–water partition coefficient (Wildman–Crippen LogP) is 3.43. The maximum atomic E-state index is 5.94. The van der Waals surface area contributed by atoms with Crippen LogP contribution in [0.3, 0.4) is 0 Å². The van der Waals surface area contributed by atoms with Crippen molar-refractivity contribution in [1.29, 1.82) is 0 Å². The van der Waals surface area contributed by atoms with Crippen LogP contribution >= 0.6 is 27.5 Å². The number of piperidine rings is 1. The van der Waals surface area contributed by atoms with Crippen molar-refractivity contribution < 1.29 is 0 Å². The zero-order valence-corrected chi connectivity index (χ0v) is 13.5. The average Bonchev–Trinajstić information content (AvgIpc) is 2.42. The average molecular weight is 348 g/mol. The Morgan fingerprint density at radius 1 is 1.37 bits per heavy atom. The molecule has 1 aliphatic rings. The highest BCUT2D eigenvalue weighted by Gasteiger charge is 2.14. The Kier molecular flexibility index (Phi) is 5.85. The third-order valence-electron chi connectivity index (χ3n) is 3.38. The van der Waals surface area contributed by atoms with Crippen molar-refractivity contribution in [2.45, 2.75) is 26.2 Å². The van der Waals surface area contributed by atoms with E-state index < -0.39 is 0 Å². The number of hydrogen-bond acceptors (Lipinski definition) is 4. The summed E-state index contributed by atoms with van der Waals surface area (Å²) < 4.78 is 0.738. The minimum Gasteiger partial charge on any atom is -0.369 e. The predicted molar refractivity (Wildman–Crippen MR) is 82.7 cm³/mol. The molecule has 0 aromatic carbocycles. The highest BCUT2D eigenvalue weighted by Crippen LogP contribution is 2.26. The molecule has 0 aliphatic carbocycles. The molecule has 6 heteroatoms.